The Morgan fingerprint density at radius 3 is 2.75 bits per heavy atom. The van der Waals surface area contributed by atoms with Gasteiger partial charge in [0.15, 0.2) is 17.0 Å². The maximum Gasteiger partial charge on any atom is 0.165 e. The number of rotatable bonds is 3. The van der Waals surface area contributed by atoms with Crippen molar-refractivity contribution in [3.63, 3.8) is 0 Å². The highest BCUT2D eigenvalue weighted by Crippen LogP contribution is 2.22. The van der Waals surface area contributed by atoms with Crippen LogP contribution in [0.3, 0.4) is 0 Å². The van der Waals surface area contributed by atoms with E-state index in [9.17, 15) is 4.39 Å². The van der Waals surface area contributed by atoms with Crippen LogP contribution in [0.15, 0.2) is 31.1 Å². The van der Waals surface area contributed by atoms with Crippen LogP contribution < -0.4 is 4.90 Å². The van der Waals surface area contributed by atoms with Crippen molar-refractivity contribution in [1.82, 2.24) is 29.4 Å². The van der Waals surface area contributed by atoms with Crippen LogP contribution in [0.5, 0.6) is 0 Å². The Labute approximate surface area is 138 Å². The van der Waals surface area contributed by atoms with Crippen molar-refractivity contribution in [2.24, 2.45) is 7.05 Å². The van der Waals surface area contributed by atoms with Crippen LogP contribution in [0, 0.1) is 5.82 Å². The van der Waals surface area contributed by atoms with E-state index in [1.54, 1.807) is 24.9 Å². The maximum atomic E-state index is 13.7. The van der Waals surface area contributed by atoms with Crippen LogP contribution in [0.1, 0.15) is 5.56 Å². The van der Waals surface area contributed by atoms with Crippen LogP contribution in [0.25, 0.3) is 11.2 Å². The molecule has 0 atom stereocenters. The summed E-state index contributed by atoms with van der Waals surface area (Å²) in [6.45, 7) is 3.95. The van der Waals surface area contributed by atoms with Gasteiger partial charge in [-0.1, -0.05) is 0 Å². The quantitative estimate of drug-likeness (QED) is 0.721. The number of hydrogen-bond acceptors (Lipinski definition) is 6. The predicted molar refractivity (Wildman–Crippen MR) is 88.0 cm³/mol. The standard InChI is InChI=1S/C16H18FN7/c1-22-11-21-14-15(22)19-10-20-16(14)24-6-4-23(5-7-24)9-12-2-3-18-8-13(12)17/h2-3,8,10-11H,4-7,9H2,1H3. The molecule has 0 aromatic carbocycles. The molecular formula is C16H18FN7. The summed E-state index contributed by atoms with van der Waals surface area (Å²) in [6.07, 6.45) is 6.24. The number of fused-ring (bicyclic) bond motifs is 1. The number of piperazine rings is 1. The minimum absolute atomic E-state index is 0.245. The fourth-order valence-corrected chi connectivity index (χ4v) is 3.06. The normalized spacial score (nSPS) is 16.0. The van der Waals surface area contributed by atoms with Crippen molar-refractivity contribution in [1.29, 1.82) is 0 Å². The Bertz CT molecular complexity index is 855. The molecule has 124 valence electrons. The van der Waals surface area contributed by atoms with Crippen molar-refractivity contribution in [3.8, 4) is 0 Å². The third-order valence-corrected chi connectivity index (χ3v) is 4.40. The molecule has 0 unspecified atom stereocenters. The molecule has 24 heavy (non-hydrogen) atoms. The van der Waals surface area contributed by atoms with Crippen molar-refractivity contribution in [3.05, 3.63) is 42.5 Å². The highest BCUT2D eigenvalue weighted by atomic mass is 19.1. The zero-order chi connectivity index (χ0) is 16.5. The molecule has 0 bridgehead atoms. The van der Waals surface area contributed by atoms with Gasteiger partial charge in [0.1, 0.15) is 12.1 Å². The van der Waals surface area contributed by atoms with Gasteiger partial charge in [0.25, 0.3) is 0 Å². The molecular weight excluding hydrogens is 309 g/mol. The molecule has 0 radical (unpaired) electrons. The lowest BCUT2D eigenvalue weighted by Crippen LogP contribution is -2.46. The van der Waals surface area contributed by atoms with Crippen molar-refractivity contribution in [2.75, 3.05) is 31.1 Å². The Morgan fingerprint density at radius 1 is 1.12 bits per heavy atom. The third-order valence-electron chi connectivity index (χ3n) is 4.40. The Kier molecular flexibility index (Phi) is 3.81. The highest BCUT2D eigenvalue weighted by Gasteiger charge is 2.21. The topological polar surface area (TPSA) is 63.0 Å². The predicted octanol–water partition coefficient (Wildman–Crippen LogP) is 1.22. The number of halogens is 1. The van der Waals surface area contributed by atoms with Crippen molar-refractivity contribution < 1.29 is 4.39 Å². The first kappa shape index (κ1) is 14.9. The Balaban J connectivity index is 1.47. The van der Waals surface area contributed by atoms with Crippen molar-refractivity contribution >= 4 is 17.0 Å². The summed E-state index contributed by atoms with van der Waals surface area (Å²) < 4.78 is 15.6. The van der Waals surface area contributed by atoms with E-state index in [1.807, 2.05) is 11.6 Å². The van der Waals surface area contributed by atoms with Gasteiger partial charge in [0.2, 0.25) is 0 Å². The van der Waals surface area contributed by atoms with Gasteiger partial charge in [-0.3, -0.25) is 9.88 Å². The van der Waals surface area contributed by atoms with Gasteiger partial charge in [-0.25, -0.2) is 19.3 Å². The molecule has 1 saturated heterocycles. The van der Waals surface area contributed by atoms with E-state index < -0.39 is 0 Å². The second kappa shape index (κ2) is 6.12. The molecule has 0 saturated carbocycles. The SMILES string of the molecule is Cn1cnc2c(N3CCN(Cc4ccncc4F)CC3)ncnc21. The number of aryl methyl sites for hydroxylation is 1. The van der Waals surface area contributed by atoms with E-state index in [4.69, 9.17) is 0 Å². The fraction of sp³-hybridized carbons (Fsp3) is 0.375. The summed E-state index contributed by atoms with van der Waals surface area (Å²) >= 11 is 0. The minimum Gasteiger partial charge on any atom is -0.352 e. The Morgan fingerprint density at radius 2 is 1.96 bits per heavy atom. The van der Waals surface area contributed by atoms with Gasteiger partial charge >= 0.3 is 0 Å². The zero-order valence-electron chi connectivity index (χ0n) is 13.4. The lowest BCUT2D eigenvalue weighted by molar-refractivity contribution is 0.246. The number of anilines is 1. The average Bonchev–Trinajstić information content (AvgIpc) is 2.99. The maximum absolute atomic E-state index is 13.7. The van der Waals surface area contributed by atoms with E-state index in [2.05, 4.69) is 29.7 Å². The van der Waals surface area contributed by atoms with Crippen LogP contribution in [0.2, 0.25) is 0 Å². The molecule has 3 aromatic rings. The highest BCUT2D eigenvalue weighted by molar-refractivity contribution is 5.83. The summed E-state index contributed by atoms with van der Waals surface area (Å²) in [4.78, 5) is 21.4. The van der Waals surface area contributed by atoms with Crippen molar-refractivity contribution in [2.45, 2.75) is 6.54 Å². The van der Waals surface area contributed by atoms with Gasteiger partial charge in [-0.05, 0) is 6.07 Å². The average molecular weight is 327 g/mol. The van der Waals surface area contributed by atoms with E-state index >= 15 is 0 Å². The molecule has 3 aromatic heterocycles. The molecule has 0 N–H and O–H groups in total. The Hall–Kier alpha value is -2.61. The second-order valence-electron chi connectivity index (χ2n) is 5.96. The molecule has 1 fully saturated rings. The molecule has 0 amide bonds. The number of imidazole rings is 1. The molecule has 1 aliphatic heterocycles. The van der Waals surface area contributed by atoms with E-state index in [0.717, 1.165) is 43.2 Å². The molecule has 0 aliphatic carbocycles. The molecule has 7 nitrogen and oxygen atoms in total. The number of aromatic nitrogens is 5. The summed E-state index contributed by atoms with van der Waals surface area (Å²) in [5.74, 6) is 0.626. The van der Waals surface area contributed by atoms with Crippen LogP contribution >= 0.6 is 0 Å². The number of nitrogens with zero attached hydrogens (tertiary/aromatic N) is 7. The van der Waals surface area contributed by atoms with Gasteiger partial charge in [0, 0.05) is 51.5 Å². The summed E-state index contributed by atoms with van der Waals surface area (Å²) in [5, 5.41) is 0. The monoisotopic (exact) mass is 327 g/mol. The number of hydrogen-bond donors (Lipinski definition) is 0. The smallest absolute Gasteiger partial charge is 0.165 e. The molecule has 4 heterocycles. The first-order valence-corrected chi connectivity index (χ1v) is 7.90. The molecule has 8 heteroatoms. The van der Waals surface area contributed by atoms with Gasteiger partial charge in [0.05, 0.1) is 12.5 Å². The summed E-state index contributed by atoms with van der Waals surface area (Å²) in [7, 11) is 1.92. The lowest BCUT2D eigenvalue weighted by Gasteiger charge is -2.35. The lowest BCUT2D eigenvalue weighted by atomic mass is 10.2. The van der Waals surface area contributed by atoms with Crippen LogP contribution in [0.4, 0.5) is 10.2 Å². The summed E-state index contributed by atoms with van der Waals surface area (Å²) in [5.41, 5.74) is 2.35. The largest absolute Gasteiger partial charge is 0.352 e. The minimum atomic E-state index is -0.245. The molecule has 1 aliphatic rings. The van der Waals surface area contributed by atoms with Gasteiger partial charge in [-0.2, -0.15) is 0 Å². The van der Waals surface area contributed by atoms with Gasteiger partial charge < -0.3 is 9.47 Å². The molecule has 0 spiro atoms. The van der Waals surface area contributed by atoms with E-state index in [-0.39, 0.29) is 5.82 Å². The van der Waals surface area contributed by atoms with E-state index in [0.29, 0.717) is 12.1 Å². The summed E-state index contributed by atoms with van der Waals surface area (Å²) in [6, 6.07) is 1.74. The van der Waals surface area contributed by atoms with Crippen LogP contribution in [-0.4, -0.2) is 55.6 Å². The van der Waals surface area contributed by atoms with Gasteiger partial charge in [-0.15, -0.1) is 0 Å². The first-order valence-electron chi connectivity index (χ1n) is 7.90. The van der Waals surface area contributed by atoms with E-state index in [1.165, 1.54) is 6.20 Å². The first-order chi connectivity index (χ1) is 11.7. The third kappa shape index (κ3) is 2.69. The molecule has 4 rings (SSSR count). The zero-order valence-corrected chi connectivity index (χ0v) is 13.4. The fourth-order valence-electron chi connectivity index (χ4n) is 3.06. The van der Waals surface area contributed by atoms with Crippen LogP contribution in [-0.2, 0) is 13.6 Å². The number of pyridine rings is 1. The second-order valence-corrected chi connectivity index (χ2v) is 5.96.